The molecule has 0 atom stereocenters. The average molecular weight is 262 g/mol. The van der Waals surface area contributed by atoms with Crippen LogP contribution in [0.15, 0.2) is 18.2 Å². The van der Waals surface area contributed by atoms with Crippen molar-refractivity contribution in [1.82, 2.24) is 5.32 Å². The number of hydrogen-bond acceptors (Lipinski definition) is 2. The van der Waals surface area contributed by atoms with Gasteiger partial charge in [-0.05, 0) is 45.0 Å². The van der Waals surface area contributed by atoms with E-state index < -0.39 is 0 Å². The molecule has 0 radical (unpaired) electrons. The molecule has 1 aromatic rings. The smallest absolute Gasteiger partial charge is 0.129 e. The Morgan fingerprint density at radius 3 is 2.63 bits per heavy atom. The number of allylic oxidation sites excluding steroid dienone is 1. The summed E-state index contributed by atoms with van der Waals surface area (Å²) in [6, 6.07) is 3.64. The summed E-state index contributed by atoms with van der Waals surface area (Å²) in [5.74, 6) is -0.128. The third-order valence-electron chi connectivity index (χ3n) is 3.95. The molecule has 19 heavy (non-hydrogen) atoms. The fourth-order valence-corrected chi connectivity index (χ4v) is 2.61. The second kappa shape index (κ2) is 4.97. The molecule has 0 unspecified atom stereocenters. The lowest BCUT2D eigenvalue weighted by molar-refractivity contribution is 0.577. The number of nitrogens with one attached hydrogen (secondary N) is 1. The second-order valence-electron chi connectivity index (χ2n) is 5.78. The van der Waals surface area contributed by atoms with Crippen LogP contribution >= 0.6 is 0 Å². The average Bonchev–Trinajstić information content (AvgIpc) is 2.34. The first kappa shape index (κ1) is 14.1. The molecule has 0 saturated carbocycles. The number of fused-ring (bicyclic) bond motifs is 1. The third-order valence-corrected chi connectivity index (χ3v) is 3.95. The van der Waals surface area contributed by atoms with E-state index in [9.17, 15) is 4.39 Å². The van der Waals surface area contributed by atoms with Gasteiger partial charge in [-0.3, -0.25) is 0 Å². The summed E-state index contributed by atoms with van der Waals surface area (Å²) < 4.78 is 14.2. The van der Waals surface area contributed by atoms with Crippen molar-refractivity contribution in [2.45, 2.75) is 39.8 Å². The number of likely N-dealkylation sites (N-methyl/N-ethyl adjacent to an activating group) is 1. The van der Waals surface area contributed by atoms with Gasteiger partial charge in [0, 0.05) is 30.4 Å². The van der Waals surface area contributed by atoms with Gasteiger partial charge in [0.1, 0.15) is 5.82 Å². The van der Waals surface area contributed by atoms with Crippen LogP contribution in [0.1, 0.15) is 38.8 Å². The Labute approximate surface area is 115 Å². The molecular weight excluding hydrogens is 239 g/mol. The van der Waals surface area contributed by atoms with Crippen LogP contribution < -0.4 is 10.2 Å². The molecule has 0 amide bonds. The first-order valence-electron chi connectivity index (χ1n) is 6.83. The van der Waals surface area contributed by atoms with Crippen molar-refractivity contribution < 1.29 is 4.39 Å². The van der Waals surface area contributed by atoms with Gasteiger partial charge in [-0.15, -0.1) is 0 Å². The summed E-state index contributed by atoms with van der Waals surface area (Å²) in [7, 11) is 2.02. The molecule has 2 rings (SSSR count). The summed E-state index contributed by atoms with van der Waals surface area (Å²) in [4.78, 5) is 2.13. The zero-order chi connectivity index (χ0) is 14.2. The molecular formula is C16H23FN2. The minimum Gasteiger partial charge on any atom is -0.365 e. The van der Waals surface area contributed by atoms with Gasteiger partial charge in [-0.25, -0.2) is 4.39 Å². The van der Waals surface area contributed by atoms with Gasteiger partial charge in [0.05, 0.1) is 5.54 Å². The molecule has 1 heterocycles. The fraction of sp³-hybridized carbons (Fsp3) is 0.500. The van der Waals surface area contributed by atoms with Crippen molar-refractivity contribution in [3.8, 4) is 0 Å². The van der Waals surface area contributed by atoms with Gasteiger partial charge >= 0.3 is 0 Å². The summed E-state index contributed by atoms with van der Waals surface area (Å²) in [5, 5.41) is 3.18. The fourth-order valence-electron chi connectivity index (χ4n) is 2.61. The van der Waals surface area contributed by atoms with E-state index in [1.165, 1.54) is 5.57 Å². The Bertz CT molecular complexity index is 518. The number of halogens is 1. The van der Waals surface area contributed by atoms with Crippen LogP contribution in [0, 0.1) is 5.82 Å². The van der Waals surface area contributed by atoms with Gasteiger partial charge in [0.2, 0.25) is 0 Å². The molecule has 1 N–H and O–H groups in total. The lowest BCUT2D eigenvalue weighted by Gasteiger charge is -2.40. The molecule has 3 heteroatoms. The molecule has 0 aliphatic carbocycles. The van der Waals surface area contributed by atoms with E-state index in [-0.39, 0.29) is 11.4 Å². The van der Waals surface area contributed by atoms with Gasteiger partial charge in [-0.2, -0.15) is 0 Å². The third kappa shape index (κ3) is 2.52. The maximum absolute atomic E-state index is 14.2. The zero-order valence-corrected chi connectivity index (χ0v) is 12.5. The first-order chi connectivity index (χ1) is 8.86. The minimum absolute atomic E-state index is 0.0767. The van der Waals surface area contributed by atoms with Crippen LogP contribution in [0.5, 0.6) is 0 Å². The van der Waals surface area contributed by atoms with Crippen molar-refractivity contribution in [3.05, 3.63) is 35.2 Å². The first-order valence-corrected chi connectivity index (χ1v) is 6.83. The number of hydrogen-bond donors (Lipinski definition) is 1. The topological polar surface area (TPSA) is 15.3 Å². The van der Waals surface area contributed by atoms with Crippen LogP contribution in [0.3, 0.4) is 0 Å². The molecule has 2 nitrogen and oxygen atoms in total. The van der Waals surface area contributed by atoms with E-state index in [4.69, 9.17) is 0 Å². The number of benzene rings is 1. The van der Waals surface area contributed by atoms with E-state index in [0.717, 1.165) is 23.4 Å². The summed E-state index contributed by atoms with van der Waals surface area (Å²) in [6.45, 7) is 9.84. The van der Waals surface area contributed by atoms with Gasteiger partial charge in [0.25, 0.3) is 0 Å². The highest BCUT2D eigenvalue weighted by Crippen LogP contribution is 2.38. The monoisotopic (exact) mass is 262 g/mol. The number of anilines is 1. The molecule has 1 aromatic carbocycles. The highest BCUT2D eigenvalue weighted by atomic mass is 19.1. The summed E-state index contributed by atoms with van der Waals surface area (Å²) in [5.41, 5.74) is 3.99. The molecule has 0 spiro atoms. The van der Waals surface area contributed by atoms with Crippen molar-refractivity contribution in [2.75, 3.05) is 18.5 Å². The van der Waals surface area contributed by atoms with E-state index in [0.29, 0.717) is 6.54 Å². The number of nitrogens with zero attached hydrogens (tertiary/aromatic N) is 1. The standard InChI is InChI=1S/C16H23FN2/c1-6-18-10-12-7-13-11(2)9-16(3,4)19(5)15(13)8-14(12)17/h7-9,18H,6,10H2,1-5H3. The Balaban J connectivity index is 2.49. The molecule has 104 valence electrons. The SMILES string of the molecule is CCNCc1cc2c(cc1F)N(C)C(C)(C)C=C2C. The molecule has 1 aliphatic heterocycles. The molecule has 0 bridgehead atoms. The maximum atomic E-state index is 14.2. The Morgan fingerprint density at radius 1 is 1.32 bits per heavy atom. The normalized spacial score (nSPS) is 17.2. The van der Waals surface area contributed by atoms with E-state index in [1.54, 1.807) is 6.07 Å². The predicted octanol–water partition coefficient (Wildman–Crippen LogP) is 3.57. The summed E-state index contributed by atoms with van der Waals surface area (Å²) in [6.07, 6.45) is 2.24. The zero-order valence-electron chi connectivity index (χ0n) is 12.5. The highest BCUT2D eigenvalue weighted by Gasteiger charge is 2.29. The van der Waals surface area contributed by atoms with E-state index in [2.05, 4.69) is 37.1 Å². The predicted molar refractivity (Wildman–Crippen MR) is 79.9 cm³/mol. The van der Waals surface area contributed by atoms with Crippen LogP contribution in [-0.2, 0) is 6.54 Å². The second-order valence-corrected chi connectivity index (χ2v) is 5.78. The quantitative estimate of drug-likeness (QED) is 0.896. The van der Waals surface area contributed by atoms with Crippen LogP contribution in [0.2, 0.25) is 0 Å². The van der Waals surface area contributed by atoms with Crippen LogP contribution in [0.25, 0.3) is 5.57 Å². The Hall–Kier alpha value is -1.35. The van der Waals surface area contributed by atoms with Crippen molar-refractivity contribution in [1.29, 1.82) is 0 Å². The van der Waals surface area contributed by atoms with Gasteiger partial charge < -0.3 is 10.2 Å². The molecule has 0 fully saturated rings. The van der Waals surface area contributed by atoms with Crippen LogP contribution in [-0.4, -0.2) is 19.1 Å². The van der Waals surface area contributed by atoms with E-state index in [1.807, 2.05) is 20.0 Å². The number of rotatable bonds is 3. The van der Waals surface area contributed by atoms with E-state index >= 15 is 0 Å². The minimum atomic E-state index is -0.128. The van der Waals surface area contributed by atoms with Crippen molar-refractivity contribution in [2.24, 2.45) is 0 Å². The molecule has 0 saturated heterocycles. The Morgan fingerprint density at radius 2 is 2.00 bits per heavy atom. The van der Waals surface area contributed by atoms with Gasteiger partial charge in [0.15, 0.2) is 0 Å². The lowest BCUT2D eigenvalue weighted by Crippen LogP contribution is -2.42. The molecule has 1 aliphatic rings. The highest BCUT2D eigenvalue weighted by molar-refractivity contribution is 5.81. The summed E-state index contributed by atoms with van der Waals surface area (Å²) >= 11 is 0. The largest absolute Gasteiger partial charge is 0.365 e. The maximum Gasteiger partial charge on any atom is 0.129 e. The molecule has 0 aromatic heterocycles. The van der Waals surface area contributed by atoms with Crippen molar-refractivity contribution in [3.63, 3.8) is 0 Å². The lowest BCUT2D eigenvalue weighted by atomic mass is 9.88. The van der Waals surface area contributed by atoms with Crippen LogP contribution in [0.4, 0.5) is 10.1 Å². The van der Waals surface area contributed by atoms with Crippen molar-refractivity contribution >= 4 is 11.3 Å². The Kier molecular flexibility index (Phi) is 3.68. The van der Waals surface area contributed by atoms with Gasteiger partial charge in [-0.1, -0.05) is 13.0 Å².